The topological polar surface area (TPSA) is 116 Å². The number of ether oxygens (including phenoxy) is 1. The smallest absolute Gasteiger partial charge is 0.410 e. The Balaban J connectivity index is 1.22. The Bertz CT molecular complexity index is 1200. The number of fused-ring (bicyclic) bond motifs is 1. The first-order valence-corrected chi connectivity index (χ1v) is 12.7. The molecule has 2 aliphatic heterocycles. The molecular weight excluding hydrogens is 449 g/mol. The third kappa shape index (κ3) is 4.19. The molecule has 0 unspecified atom stereocenters. The summed E-state index contributed by atoms with van der Waals surface area (Å²) in [5, 5.41) is 10.2. The largest absolute Gasteiger partial charge is 0.446 e. The number of rotatable bonds is 4. The number of sulfonamides is 1. The Morgan fingerprint density at radius 3 is 2.88 bits per heavy atom. The molecule has 3 N–H and O–H groups in total. The zero-order chi connectivity index (χ0) is 23.4. The highest BCUT2D eigenvalue weighted by Crippen LogP contribution is 2.38. The predicted molar refractivity (Wildman–Crippen MR) is 119 cm³/mol. The molecule has 1 saturated carbocycles. The summed E-state index contributed by atoms with van der Waals surface area (Å²) in [5.74, 6) is -0.0585. The Labute approximate surface area is 192 Å². The summed E-state index contributed by atoms with van der Waals surface area (Å²) in [6, 6.07) is 4.33. The number of H-pyrrole nitrogens is 1. The molecule has 1 aromatic heterocycles. The van der Waals surface area contributed by atoms with Crippen LogP contribution >= 0.6 is 0 Å². The van der Waals surface area contributed by atoms with E-state index in [0.717, 1.165) is 44.0 Å². The molecule has 9 nitrogen and oxygen atoms in total. The number of hydrogen-bond donors (Lipinski definition) is 3. The molecule has 0 bridgehead atoms. The molecule has 0 radical (unpaired) electrons. The van der Waals surface area contributed by atoms with Crippen molar-refractivity contribution in [3.05, 3.63) is 35.3 Å². The molecule has 0 spiro atoms. The van der Waals surface area contributed by atoms with Gasteiger partial charge in [0.05, 0.1) is 10.6 Å². The lowest BCUT2D eigenvalue weighted by Gasteiger charge is -2.31. The molecule has 1 amide bonds. The molecule has 2 aromatic rings. The van der Waals surface area contributed by atoms with Crippen molar-refractivity contribution in [1.82, 2.24) is 19.8 Å². The summed E-state index contributed by atoms with van der Waals surface area (Å²) in [6.07, 6.45) is 3.96. The van der Waals surface area contributed by atoms with Gasteiger partial charge in [0.25, 0.3) is 0 Å². The number of benzene rings is 1. The van der Waals surface area contributed by atoms with E-state index in [1.165, 1.54) is 6.07 Å². The monoisotopic (exact) mass is 477 g/mol. The lowest BCUT2D eigenvalue weighted by atomic mass is 10.0. The van der Waals surface area contributed by atoms with Crippen molar-refractivity contribution in [2.45, 2.75) is 75.0 Å². The molecule has 1 aromatic carbocycles. The van der Waals surface area contributed by atoms with E-state index in [1.807, 2.05) is 11.0 Å². The summed E-state index contributed by atoms with van der Waals surface area (Å²) >= 11 is 0. The van der Waals surface area contributed by atoms with Crippen LogP contribution in [0.1, 0.15) is 63.1 Å². The van der Waals surface area contributed by atoms with Gasteiger partial charge in [-0.05, 0) is 63.6 Å². The number of anilines is 2. The van der Waals surface area contributed by atoms with Gasteiger partial charge in [0.1, 0.15) is 11.9 Å². The molecule has 11 heteroatoms. The number of aromatic nitrogens is 2. The standard InChI is InChI=1S/C22H28FN5O4S/c1-22(2)6-3-7-28(22)21(29)32-15-5-4-13(8-15)17-11-20(27-26-17)25-18-9-14-12-24-33(30,31)19(14)10-16(18)23/h9-11,13,15,24H,3-8,12H2,1-2H3,(H2,25,26,27)/t13-,15+/m1/s1. The molecule has 3 aliphatic rings. The molecule has 1 aliphatic carbocycles. The first-order chi connectivity index (χ1) is 15.6. The quantitative estimate of drug-likeness (QED) is 0.618. The molecule has 2 fully saturated rings. The van der Waals surface area contributed by atoms with Gasteiger partial charge in [-0.2, -0.15) is 5.10 Å². The number of carbonyl (C=O) groups excluding carboxylic acids is 1. The van der Waals surface area contributed by atoms with Crippen LogP contribution in [-0.4, -0.2) is 47.8 Å². The fourth-order valence-electron chi connectivity index (χ4n) is 5.06. The van der Waals surface area contributed by atoms with Crippen LogP contribution in [0.2, 0.25) is 0 Å². The van der Waals surface area contributed by atoms with Gasteiger partial charge in [0.2, 0.25) is 10.0 Å². The number of carbonyl (C=O) groups is 1. The maximum atomic E-state index is 14.5. The maximum Gasteiger partial charge on any atom is 0.410 e. The van der Waals surface area contributed by atoms with E-state index < -0.39 is 15.8 Å². The summed E-state index contributed by atoms with van der Waals surface area (Å²) in [4.78, 5) is 14.4. The Morgan fingerprint density at radius 1 is 1.30 bits per heavy atom. The van der Waals surface area contributed by atoms with Crippen molar-refractivity contribution in [1.29, 1.82) is 0 Å². The fraction of sp³-hybridized carbons (Fsp3) is 0.545. The second-order valence-electron chi connectivity index (χ2n) is 9.68. The van der Waals surface area contributed by atoms with Crippen LogP contribution in [0.25, 0.3) is 0 Å². The lowest BCUT2D eigenvalue weighted by Crippen LogP contribution is -2.43. The summed E-state index contributed by atoms with van der Waals surface area (Å²) < 4.78 is 46.4. The average molecular weight is 478 g/mol. The zero-order valence-electron chi connectivity index (χ0n) is 18.7. The van der Waals surface area contributed by atoms with E-state index >= 15 is 0 Å². The zero-order valence-corrected chi connectivity index (χ0v) is 19.5. The van der Waals surface area contributed by atoms with Gasteiger partial charge < -0.3 is 15.0 Å². The predicted octanol–water partition coefficient (Wildman–Crippen LogP) is 3.73. The van der Waals surface area contributed by atoms with Gasteiger partial charge in [-0.1, -0.05) is 0 Å². The molecule has 1 saturated heterocycles. The fourth-order valence-corrected chi connectivity index (χ4v) is 6.30. The first-order valence-electron chi connectivity index (χ1n) is 11.2. The van der Waals surface area contributed by atoms with E-state index in [9.17, 15) is 17.6 Å². The van der Waals surface area contributed by atoms with E-state index in [4.69, 9.17) is 4.74 Å². The molecule has 5 rings (SSSR count). The molecule has 33 heavy (non-hydrogen) atoms. The number of nitrogens with zero attached hydrogens (tertiary/aromatic N) is 2. The second kappa shape index (κ2) is 7.98. The minimum atomic E-state index is -3.63. The van der Waals surface area contributed by atoms with Gasteiger partial charge in [-0.25, -0.2) is 22.3 Å². The second-order valence-corrected chi connectivity index (χ2v) is 11.4. The number of halogens is 1. The lowest BCUT2D eigenvalue weighted by molar-refractivity contribution is 0.0486. The highest BCUT2D eigenvalue weighted by Gasteiger charge is 2.38. The van der Waals surface area contributed by atoms with Crippen LogP contribution in [0.15, 0.2) is 23.1 Å². The number of aromatic amines is 1. The summed E-state index contributed by atoms with van der Waals surface area (Å²) in [6.45, 7) is 5.00. The van der Waals surface area contributed by atoms with E-state index in [0.29, 0.717) is 17.8 Å². The normalized spacial score (nSPS) is 25.2. The maximum absolute atomic E-state index is 14.5. The van der Waals surface area contributed by atoms with Gasteiger partial charge >= 0.3 is 6.09 Å². The van der Waals surface area contributed by atoms with Crippen molar-refractivity contribution in [2.75, 3.05) is 11.9 Å². The number of amides is 1. The van der Waals surface area contributed by atoms with Crippen LogP contribution in [0.3, 0.4) is 0 Å². The molecular formula is C22H28FN5O4S. The van der Waals surface area contributed by atoms with Crippen LogP contribution in [0.5, 0.6) is 0 Å². The Kier molecular flexibility index (Phi) is 5.36. The number of nitrogens with one attached hydrogen (secondary N) is 3. The highest BCUT2D eigenvalue weighted by atomic mass is 32.2. The van der Waals surface area contributed by atoms with Gasteiger partial charge in [0, 0.05) is 36.3 Å². The average Bonchev–Trinajstić information content (AvgIpc) is 3.51. The molecule has 178 valence electrons. The van der Waals surface area contributed by atoms with Crippen LogP contribution in [0.4, 0.5) is 20.7 Å². The van der Waals surface area contributed by atoms with Gasteiger partial charge in [0.15, 0.2) is 5.82 Å². The minimum absolute atomic E-state index is 0.0304. The van der Waals surface area contributed by atoms with E-state index in [-0.39, 0.29) is 40.8 Å². The number of hydrogen-bond acceptors (Lipinski definition) is 6. The van der Waals surface area contributed by atoms with Crippen molar-refractivity contribution in [3.63, 3.8) is 0 Å². The highest BCUT2D eigenvalue weighted by molar-refractivity contribution is 7.89. The SMILES string of the molecule is CC1(C)CCCN1C(=O)O[C@H]1CC[C@@H](c2cc(Nc3cc4c(cc3F)S(=O)(=O)NC4)n[nH]2)C1. The van der Waals surface area contributed by atoms with Gasteiger partial charge in [-0.3, -0.25) is 5.10 Å². The van der Waals surface area contributed by atoms with Gasteiger partial charge in [-0.15, -0.1) is 0 Å². The summed E-state index contributed by atoms with van der Waals surface area (Å²) in [5.41, 5.74) is 1.41. The summed E-state index contributed by atoms with van der Waals surface area (Å²) in [7, 11) is -3.63. The molecule has 2 atom stereocenters. The van der Waals surface area contributed by atoms with Crippen molar-refractivity contribution < 1.29 is 22.3 Å². The van der Waals surface area contributed by atoms with Crippen LogP contribution < -0.4 is 10.0 Å². The van der Waals surface area contributed by atoms with Crippen molar-refractivity contribution in [2.24, 2.45) is 0 Å². The Morgan fingerprint density at radius 2 is 2.12 bits per heavy atom. The first kappa shape index (κ1) is 22.1. The minimum Gasteiger partial charge on any atom is -0.446 e. The third-order valence-corrected chi connectivity index (χ3v) is 8.45. The Hall–Kier alpha value is -2.66. The van der Waals surface area contributed by atoms with Crippen LogP contribution in [-0.2, 0) is 21.3 Å². The van der Waals surface area contributed by atoms with E-state index in [1.54, 1.807) is 0 Å². The third-order valence-electron chi connectivity index (χ3n) is 6.97. The number of likely N-dealkylation sites (tertiary alicyclic amines) is 1. The van der Waals surface area contributed by atoms with Crippen molar-refractivity contribution >= 4 is 27.6 Å². The van der Waals surface area contributed by atoms with Crippen LogP contribution in [0, 0.1) is 5.82 Å². The van der Waals surface area contributed by atoms with E-state index in [2.05, 4.69) is 34.1 Å². The molecule has 3 heterocycles. The van der Waals surface area contributed by atoms with Crippen molar-refractivity contribution in [3.8, 4) is 0 Å².